The first kappa shape index (κ1) is 8.58. The van der Waals surface area contributed by atoms with Gasteiger partial charge in [0.1, 0.15) is 5.69 Å². The molecule has 1 rings (SSSR count). The second-order valence-electron chi connectivity index (χ2n) is 1.80. The second-order valence-corrected chi connectivity index (χ2v) is 2.79. The Morgan fingerprint density at radius 2 is 2.36 bits per heavy atom. The van der Waals surface area contributed by atoms with Crippen molar-refractivity contribution < 1.29 is 0 Å². The molecular weight excluding hydrogens is 225 g/mol. The van der Waals surface area contributed by atoms with Gasteiger partial charge in [-0.2, -0.15) is 0 Å². The second kappa shape index (κ2) is 4.38. The zero-order valence-corrected chi connectivity index (χ0v) is 7.98. The Kier molecular flexibility index (Phi) is 3.41. The van der Waals surface area contributed by atoms with E-state index in [0.29, 0.717) is 10.4 Å². The summed E-state index contributed by atoms with van der Waals surface area (Å²) in [6.45, 7) is 0. The lowest BCUT2D eigenvalue weighted by Gasteiger charge is -1.88. The predicted octanol–water partition coefficient (Wildman–Crippen LogP) is 2.48. The van der Waals surface area contributed by atoms with Crippen molar-refractivity contribution in [2.75, 3.05) is 5.33 Å². The van der Waals surface area contributed by atoms with Crippen LogP contribution in [0.5, 0.6) is 0 Å². The van der Waals surface area contributed by atoms with Crippen molar-refractivity contribution in [3.05, 3.63) is 29.0 Å². The first-order valence-corrected chi connectivity index (χ1v) is 4.49. The van der Waals surface area contributed by atoms with Crippen LogP contribution in [-0.2, 0) is 0 Å². The van der Waals surface area contributed by atoms with Crippen LogP contribution < -0.4 is 0 Å². The Morgan fingerprint density at radius 3 is 2.91 bits per heavy atom. The smallest absolute Gasteiger partial charge is 0.113 e. The van der Waals surface area contributed by atoms with Gasteiger partial charge in [0.05, 0.1) is 10.4 Å². The third kappa shape index (κ3) is 2.92. The number of alkyl halides is 1. The van der Waals surface area contributed by atoms with Crippen LogP contribution in [0.15, 0.2) is 18.3 Å². The van der Waals surface area contributed by atoms with Gasteiger partial charge >= 0.3 is 0 Å². The summed E-state index contributed by atoms with van der Waals surface area (Å²) < 4.78 is 0. The van der Waals surface area contributed by atoms with Crippen molar-refractivity contribution in [2.45, 2.75) is 0 Å². The molecule has 0 N–H and O–H groups in total. The molecule has 0 saturated carbocycles. The molecule has 1 nitrogen and oxygen atoms in total. The number of rotatable bonds is 0. The van der Waals surface area contributed by atoms with Gasteiger partial charge in [0.25, 0.3) is 0 Å². The minimum absolute atomic E-state index is 0.634. The highest BCUT2D eigenvalue weighted by atomic mass is 79.9. The van der Waals surface area contributed by atoms with Gasteiger partial charge in [0, 0.05) is 6.20 Å². The molecule has 1 aromatic heterocycles. The molecular formula is C8H5BrClN. The van der Waals surface area contributed by atoms with Crippen LogP contribution in [0, 0.1) is 11.8 Å². The first-order chi connectivity index (χ1) is 5.33. The molecule has 0 radical (unpaired) electrons. The number of pyridine rings is 1. The summed E-state index contributed by atoms with van der Waals surface area (Å²) in [5.74, 6) is 5.70. The zero-order valence-electron chi connectivity index (χ0n) is 5.64. The highest BCUT2D eigenvalue weighted by molar-refractivity contribution is 9.09. The maximum absolute atomic E-state index is 5.63. The summed E-state index contributed by atoms with van der Waals surface area (Å²) in [6.07, 6.45) is 1.58. The SMILES string of the molecule is Clc1ccc(C#CCBr)nc1. The fourth-order valence-corrected chi connectivity index (χ4v) is 0.826. The third-order valence-corrected chi connectivity index (χ3v) is 1.51. The van der Waals surface area contributed by atoms with Gasteiger partial charge < -0.3 is 0 Å². The van der Waals surface area contributed by atoms with E-state index in [1.54, 1.807) is 18.3 Å². The summed E-state index contributed by atoms with van der Waals surface area (Å²) >= 11 is 8.82. The van der Waals surface area contributed by atoms with E-state index >= 15 is 0 Å². The fourth-order valence-electron chi connectivity index (χ4n) is 0.574. The van der Waals surface area contributed by atoms with Crippen LogP contribution in [0.2, 0.25) is 5.02 Å². The normalized spacial score (nSPS) is 8.55. The Balaban J connectivity index is 2.82. The molecule has 0 aliphatic rings. The molecule has 0 bridgehead atoms. The highest BCUT2D eigenvalue weighted by Crippen LogP contribution is 2.04. The van der Waals surface area contributed by atoms with Gasteiger partial charge in [0.2, 0.25) is 0 Å². The quantitative estimate of drug-likeness (QED) is 0.493. The lowest BCUT2D eigenvalue weighted by atomic mass is 10.3. The minimum atomic E-state index is 0.634. The molecule has 1 heterocycles. The lowest BCUT2D eigenvalue weighted by Crippen LogP contribution is -1.79. The molecule has 3 heteroatoms. The molecule has 56 valence electrons. The molecule has 0 unspecified atom stereocenters. The average molecular weight is 230 g/mol. The van der Waals surface area contributed by atoms with Gasteiger partial charge in [-0.05, 0) is 18.1 Å². The Morgan fingerprint density at radius 1 is 1.55 bits per heavy atom. The van der Waals surface area contributed by atoms with Crippen LogP contribution in [0.1, 0.15) is 5.69 Å². The molecule has 1 aromatic rings. The van der Waals surface area contributed by atoms with E-state index in [2.05, 4.69) is 32.8 Å². The van der Waals surface area contributed by atoms with Crippen LogP contribution >= 0.6 is 27.5 Å². The molecule has 0 amide bonds. The largest absolute Gasteiger partial charge is 0.246 e. The van der Waals surface area contributed by atoms with Crippen molar-refractivity contribution >= 4 is 27.5 Å². The van der Waals surface area contributed by atoms with Crippen molar-refractivity contribution in [1.82, 2.24) is 4.98 Å². The standard InChI is InChI=1S/C8H5BrClN/c9-5-1-2-8-4-3-7(10)6-11-8/h3-4,6H,5H2. The van der Waals surface area contributed by atoms with E-state index in [1.807, 2.05) is 0 Å². The molecule has 0 aromatic carbocycles. The van der Waals surface area contributed by atoms with Crippen LogP contribution in [0.25, 0.3) is 0 Å². The van der Waals surface area contributed by atoms with E-state index in [1.165, 1.54) is 0 Å². The molecule has 11 heavy (non-hydrogen) atoms. The Hall–Kier alpha value is -0.520. The number of hydrogen-bond acceptors (Lipinski definition) is 1. The number of hydrogen-bond donors (Lipinski definition) is 0. The Bertz CT molecular complexity index is 283. The predicted molar refractivity (Wildman–Crippen MR) is 49.9 cm³/mol. The maximum atomic E-state index is 5.63. The molecule has 0 aliphatic heterocycles. The van der Waals surface area contributed by atoms with E-state index in [-0.39, 0.29) is 0 Å². The summed E-state index contributed by atoms with van der Waals surface area (Å²) in [7, 11) is 0. The van der Waals surface area contributed by atoms with E-state index < -0.39 is 0 Å². The van der Waals surface area contributed by atoms with E-state index in [4.69, 9.17) is 11.6 Å². The van der Waals surface area contributed by atoms with Crippen LogP contribution in [-0.4, -0.2) is 10.3 Å². The number of aromatic nitrogens is 1. The van der Waals surface area contributed by atoms with Crippen molar-refractivity contribution in [2.24, 2.45) is 0 Å². The molecule has 0 spiro atoms. The van der Waals surface area contributed by atoms with Crippen molar-refractivity contribution in [3.63, 3.8) is 0 Å². The van der Waals surface area contributed by atoms with Gasteiger partial charge in [-0.3, -0.25) is 0 Å². The maximum Gasteiger partial charge on any atom is 0.113 e. The Labute approximate surface area is 78.9 Å². The van der Waals surface area contributed by atoms with E-state index in [9.17, 15) is 0 Å². The first-order valence-electron chi connectivity index (χ1n) is 2.99. The average Bonchev–Trinajstić information content (AvgIpc) is 2.04. The van der Waals surface area contributed by atoms with Gasteiger partial charge in [-0.25, -0.2) is 4.98 Å². The lowest BCUT2D eigenvalue weighted by molar-refractivity contribution is 1.29. The third-order valence-electron chi connectivity index (χ3n) is 1.01. The number of halogens is 2. The topological polar surface area (TPSA) is 12.9 Å². The summed E-state index contributed by atoms with van der Waals surface area (Å²) in [5.41, 5.74) is 0.744. The zero-order chi connectivity index (χ0) is 8.10. The highest BCUT2D eigenvalue weighted by Gasteiger charge is 1.87. The fraction of sp³-hybridized carbons (Fsp3) is 0.125. The van der Waals surface area contributed by atoms with Crippen LogP contribution in [0.4, 0.5) is 0 Å². The summed E-state index contributed by atoms with van der Waals surface area (Å²) in [6, 6.07) is 3.56. The van der Waals surface area contributed by atoms with E-state index in [0.717, 1.165) is 5.69 Å². The monoisotopic (exact) mass is 229 g/mol. The molecule has 0 fully saturated rings. The van der Waals surface area contributed by atoms with Crippen molar-refractivity contribution in [1.29, 1.82) is 0 Å². The van der Waals surface area contributed by atoms with Gasteiger partial charge in [-0.1, -0.05) is 33.5 Å². The van der Waals surface area contributed by atoms with Gasteiger partial charge in [0.15, 0.2) is 0 Å². The summed E-state index contributed by atoms with van der Waals surface area (Å²) in [4.78, 5) is 3.99. The summed E-state index contributed by atoms with van der Waals surface area (Å²) in [5, 5.41) is 1.30. The molecule has 0 saturated heterocycles. The van der Waals surface area contributed by atoms with Crippen LogP contribution in [0.3, 0.4) is 0 Å². The molecule has 0 atom stereocenters. The number of nitrogens with zero attached hydrogens (tertiary/aromatic N) is 1. The van der Waals surface area contributed by atoms with Gasteiger partial charge in [-0.15, -0.1) is 0 Å². The van der Waals surface area contributed by atoms with Crippen molar-refractivity contribution in [3.8, 4) is 11.8 Å². The molecule has 0 aliphatic carbocycles. The minimum Gasteiger partial charge on any atom is -0.246 e.